The quantitative estimate of drug-likeness (QED) is 0.326. The van der Waals surface area contributed by atoms with Crippen LogP contribution in [0.2, 0.25) is 0 Å². The second kappa shape index (κ2) is 11.0. The molecule has 172 valence electrons. The summed E-state index contributed by atoms with van der Waals surface area (Å²) in [5.41, 5.74) is 15.1. The maximum Gasteiger partial charge on any atom is 0.138 e. The molecule has 2 atom stereocenters. The van der Waals surface area contributed by atoms with Crippen LogP contribution in [-0.4, -0.2) is 42.7 Å². The lowest BCUT2D eigenvalue weighted by molar-refractivity contribution is 0.403. The Hall–Kier alpha value is -3.99. The molecule has 1 fully saturated rings. The zero-order valence-corrected chi connectivity index (χ0v) is 19.0. The Labute approximate surface area is 194 Å². The first kappa shape index (κ1) is 23.7. The smallest absolute Gasteiger partial charge is 0.138 e. The number of phenolic OH excluding ortho intramolecular Hbond substituents is 1. The predicted molar refractivity (Wildman–Crippen MR) is 135 cm³/mol. The van der Waals surface area contributed by atoms with Crippen molar-refractivity contribution in [1.82, 2.24) is 4.57 Å². The summed E-state index contributed by atoms with van der Waals surface area (Å²) in [4.78, 5) is 12.6. The molecule has 1 saturated carbocycles. The number of hydrogen-bond acceptors (Lipinski definition) is 5. The van der Waals surface area contributed by atoms with Crippen LogP contribution in [0.5, 0.6) is 11.5 Å². The highest BCUT2D eigenvalue weighted by Gasteiger charge is 2.29. The summed E-state index contributed by atoms with van der Waals surface area (Å²) < 4.78 is 7.64. The number of phenols is 1. The summed E-state index contributed by atoms with van der Waals surface area (Å²) in [7, 11) is 3.26. The lowest BCUT2D eigenvalue weighted by atomic mass is 10.0. The Morgan fingerprint density at radius 3 is 2.88 bits per heavy atom. The van der Waals surface area contributed by atoms with Crippen molar-refractivity contribution in [2.45, 2.75) is 31.7 Å². The van der Waals surface area contributed by atoms with Gasteiger partial charge in [0, 0.05) is 60.7 Å². The van der Waals surface area contributed by atoms with Crippen molar-refractivity contribution in [3.05, 3.63) is 47.2 Å². The van der Waals surface area contributed by atoms with Gasteiger partial charge < -0.3 is 25.9 Å². The lowest BCUT2D eigenvalue weighted by Gasteiger charge is -2.15. The number of ether oxygens (including phenoxy) is 1. The third-order valence-electron chi connectivity index (χ3n) is 5.83. The summed E-state index contributed by atoms with van der Waals surface area (Å²) >= 11 is 0. The van der Waals surface area contributed by atoms with Gasteiger partial charge in [-0.25, -0.2) is 9.98 Å². The summed E-state index contributed by atoms with van der Waals surface area (Å²) in [6.45, 7) is 0. The molecule has 0 amide bonds. The molecule has 0 radical (unpaired) electrons. The van der Waals surface area contributed by atoms with Crippen molar-refractivity contribution < 1.29 is 9.84 Å². The Morgan fingerprint density at radius 1 is 1.39 bits per heavy atom. The van der Waals surface area contributed by atoms with Gasteiger partial charge in [-0.15, -0.1) is 12.3 Å². The average Bonchev–Trinajstić information content (AvgIpc) is 3.43. The number of aromatic hydroxyl groups is 1. The van der Waals surface area contributed by atoms with Crippen LogP contribution in [0, 0.1) is 18.3 Å². The topological polar surface area (TPSA) is 124 Å². The van der Waals surface area contributed by atoms with Crippen LogP contribution in [0.3, 0.4) is 0 Å². The molecule has 2 unspecified atom stereocenters. The van der Waals surface area contributed by atoms with E-state index in [2.05, 4.69) is 25.5 Å². The van der Waals surface area contributed by atoms with E-state index < -0.39 is 0 Å². The number of methoxy groups -OCH3 is 1. The summed E-state index contributed by atoms with van der Waals surface area (Å²) in [5.74, 6) is 4.56. The second-order valence-electron chi connectivity index (χ2n) is 7.83. The molecule has 1 aromatic heterocycles. The minimum Gasteiger partial charge on any atom is -0.508 e. The molecule has 8 nitrogen and oxygen atoms in total. The van der Waals surface area contributed by atoms with E-state index in [0.717, 1.165) is 41.8 Å². The van der Waals surface area contributed by atoms with E-state index in [1.54, 1.807) is 38.6 Å². The number of aromatic nitrogens is 1. The van der Waals surface area contributed by atoms with Crippen LogP contribution in [0.4, 0.5) is 5.82 Å². The molecule has 1 aliphatic carbocycles. The number of allylic oxidation sites excluding steroid dienone is 1. The van der Waals surface area contributed by atoms with Crippen molar-refractivity contribution in [1.29, 1.82) is 0 Å². The van der Waals surface area contributed by atoms with E-state index in [4.69, 9.17) is 22.6 Å². The van der Waals surface area contributed by atoms with Crippen LogP contribution < -0.4 is 16.2 Å². The van der Waals surface area contributed by atoms with Crippen LogP contribution >= 0.6 is 0 Å². The fourth-order valence-electron chi connectivity index (χ4n) is 4.20. The molecule has 0 bridgehead atoms. The highest BCUT2D eigenvalue weighted by Crippen LogP contribution is 2.41. The van der Waals surface area contributed by atoms with E-state index in [1.165, 1.54) is 12.7 Å². The number of nitrogens with two attached hydrogens (primary N) is 2. The van der Waals surface area contributed by atoms with Crippen LogP contribution in [0.25, 0.3) is 5.70 Å². The van der Waals surface area contributed by atoms with Crippen LogP contribution in [-0.2, 0) is 6.42 Å². The lowest BCUT2D eigenvalue weighted by Crippen LogP contribution is -2.04. The third-order valence-corrected chi connectivity index (χ3v) is 5.83. The van der Waals surface area contributed by atoms with E-state index >= 15 is 0 Å². The van der Waals surface area contributed by atoms with Crippen molar-refractivity contribution >= 4 is 30.4 Å². The van der Waals surface area contributed by atoms with Gasteiger partial charge in [-0.1, -0.05) is 6.07 Å². The number of benzene rings is 1. The number of terminal acetylenes is 1. The minimum absolute atomic E-state index is 0.133. The first-order chi connectivity index (χ1) is 16.0. The Balaban J connectivity index is 2.19. The Bertz CT molecular complexity index is 1140. The monoisotopic (exact) mass is 446 g/mol. The zero-order chi connectivity index (χ0) is 23.8. The largest absolute Gasteiger partial charge is 0.508 e. The van der Waals surface area contributed by atoms with Gasteiger partial charge in [-0.2, -0.15) is 0 Å². The molecule has 0 aliphatic heterocycles. The molecular formula is C25H30N6O2. The average molecular weight is 447 g/mol. The fraction of sp³-hybridized carbons (Fsp3) is 0.320. The number of nitrogens with zero attached hydrogens (tertiary/aromatic N) is 4. The standard InChI is InChI=1S/C25H30N6O2/c1-4-17-5-7-19(11-17)31-14-22(23(27)9-10-28-2)21(25(31)30-16-29-15-26)12-18-6-8-20(32)13-24(18)33-3/h1,6,8-10,13-17,19,32H,5,7,11-12,27H2,2-3H3,(H2,26,29,30)/b23-9-,28-10?. The van der Waals surface area contributed by atoms with Crippen LogP contribution in [0.1, 0.15) is 42.0 Å². The number of aliphatic imine (C=N–C) groups is 3. The van der Waals surface area contributed by atoms with E-state index in [1.807, 2.05) is 12.3 Å². The fourth-order valence-corrected chi connectivity index (χ4v) is 4.20. The molecule has 3 rings (SSSR count). The summed E-state index contributed by atoms with van der Waals surface area (Å²) in [6, 6.07) is 5.25. The van der Waals surface area contributed by atoms with Gasteiger partial charge in [0.15, 0.2) is 0 Å². The van der Waals surface area contributed by atoms with Gasteiger partial charge in [0.2, 0.25) is 0 Å². The molecule has 0 saturated heterocycles. The molecule has 2 aromatic rings. The summed E-state index contributed by atoms with van der Waals surface area (Å²) in [5, 5.41) is 9.87. The molecule has 5 N–H and O–H groups in total. The van der Waals surface area contributed by atoms with Gasteiger partial charge in [0.25, 0.3) is 0 Å². The van der Waals surface area contributed by atoms with E-state index in [0.29, 0.717) is 17.9 Å². The second-order valence-corrected chi connectivity index (χ2v) is 7.83. The first-order valence-electron chi connectivity index (χ1n) is 10.7. The number of rotatable bonds is 8. The molecule has 33 heavy (non-hydrogen) atoms. The molecular weight excluding hydrogens is 416 g/mol. The normalized spacial score (nSPS) is 19.1. The van der Waals surface area contributed by atoms with Gasteiger partial charge in [0.1, 0.15) is 23.7 Å². The highest BCUT2D eigenvalue weighted by atomic mass is 16.5. The maximum atomic E-state index is 9.87. The van der Waals surface area contributed by atoms with Crippen molar-refractivity contribution in [3.63, 3.8) is 0 Å². The highest BCUT2D eigenvalue weighted by molar-refractivity contribution is 5.85. The Kier molecular flexibility index (Phi) is 7.92. The maximum absolute atomic E-state index is 9.87. The molecule has 1 aromatic carbocycles. The van der Waals surface area contributed by atoms with Crippen LogP contribution in [0.15, 0.2) is 45.4 Å². The zero-order valence-electron chi connectivity index (χ0n) is 19.0. The SMILES string of the molecule is C#CC1CCC(n2cc(/C(N)=C/C=NC)c(Cc3ccc(O)cc3OC)c2/N=C\N=CN)C1. The van der Waals surface area contributed by atoms with Crippen molar-refractivity contribution in [2.75, 3.05) is 14.2 Å². The predicted octanol–water partition coefficient (Wildman–Crippen LogP) is 3.41. The van der Waals surface area contributed by atoms with E-state index in [-0.39, 0.29) is 17.7 Å². The van der Waals surface area contributed by atoms with E-state index in [9.17, 15) is 5.11 Å². The van der Waals surface area contributed by atoms with Gasteiger partial charge in [-0.05, 0) is 37.0 Å². The molecule has 1 heterocycles. The molecule has 0 spiro atoms. The summed E-state index contributed by atoms with van der Waals surface area (Å²) in [6.07, 6.45) is 17.0. The van der Waals surface area contributed by atoms with Gasteiger partial charge >= 0.3 is 0 Å². The number of hydrogen-bond donors (Lipinski definition) is 3. The van der Waals surface area contributed by atoms with Gasteiger partial charge in [-0.3, -0.25) is 4.99 Å². The Morgan fingerprint density at radius 2 is 2.21 bits per heavy atom. The first-order valence-corrected chi connectivity index (χ1v) is 10.7. The van der Waals surface area contributed by atoms with Crippen molar-refractivity contribution in [3.8, 4) is 23.8 Å². The van der Waals surface area contributed by atoms with Gasteiger partial charge in [0.05, 0.1) is 13.4 Å². The molecule has 1 aliphatic rings. The molecule has 8 heteroatoms. The third kappa shape index (κ3) is 5.44. The van der Waals surface area contributed by atoms with Crippen molar-refractivity contribution in [2.24, 2.45) is 32.4 Å². The minimum atomic E-state index is 0.133.